The molecule has 0 aliphatic heterocycles. The number of rotatable bonds is 10. The molecule has 0 saturated carbocycles. The predicted octanol–water partition coefficient (Wildman–Crippen LogP) is 3.70. The van der Waals surface area contributed by atoms with Crippen molar-refractivity contribution in [3.63, 3.8) is 0 Å². The highest BCUT2D eigenvalue weighted by molar-refractivity contribution is 5.42. The van der Waals surface area contributed by atoms with Gasteiger partial charge in [0.05, 0.1) is 14.2 Å². The van der Waals surface area contributed by atoms with E-state index in [9.17, 15) is 5.11 Å². The molecule has 0 spiro atoms. The number of hydrogen-bond donors (Lipinski definition) is 1. The Bertz CT molecular complexity index is 717. The van der Waals surface area contributed by atoms with Crippen molar-refractivity contribution in [2.75, 3.05) is 34.4 Å². The van der Waals surface area contributed by atoms with Crippen LogP contribution in [0, 0.1) is 0 Å². The van der Waals surface area contributed by atoms with Crippen molar-refractivity contribution in [1.29, 1.82) is 0 Å². The van der Waals surface area contributed by atoms with Crippen molar-refractivity contribution in [1.82, 2.24) is 4.90 Å². The lowest BCUT2D eigenvalue weighted by Gasteiger charge is -2.22. The van der Waals surface area contributed by atoms with Crippen LogP contribution in [-0.4, -0.2) is 50.5 Å². The fraction of sp³-hybridized carbons (Fsp3) is 0.455. The third-order valence-electron chi connectivity index (χ3n) is 4.40. The second-order valence-corrected chi connectivity index (χ2v) is 7.04. The molecule has 0 radical (unpaired) electrons. The number of nitrogens with zero attached hydrogens (tertiary/aromatic N) is 1. The number of aliphatic hydroxyl groups excluding tert-OH is 1. The van der Waals surface area contributed by atoms with Gasteiger partial charge in [-0.2, -0.15) is 0 Å². The highest BCUT2D eigenvalue weighted by atomic mass is 16.5. The van der Waals surface area contributed by atoms with E-state index in [2.05, 4.69) is 24.8 Å². The smallest absolute Gasteiger partial charge is 0.161 e. The van der Waals surface area contributed by atoms with Crippen molar-refractivity contribution in [3.05, 3.63) is 53.6 Å². The van der Waals surface area contributed by atoms with Gasteiger partial charge in [0.2, 0.25) is 0 Å². The monoisotopic (exact) mass is 373 g/mol. The maximum absolute atomic E-state index is 10.4. The van der Waals surface area contributed by atoms with Crippen molar-refractivity contribution < 1.29 is 19.3 Å². The molecular weight excluding hydrogens is 342 g/mol. The molecule has 2 aromatic carbocycles. The number of methoxy groups -OCH3 is 2. The summed E-state index contributed by atoms with van der Waals surface area (Å²) in [4.78, 5) is 2.06. The minimum absolute atomic E-state index is 0.264. The summed E-state index contributed by atoms with van der Waals surface area (Å²) >= 11 is 0. The van der Waals surface area contributed by atoms with Crippen LogP contribution in [-0.2, 0) is 6.54 Å². The molecule has 27 heavy (non-hydrogen) atoms. The Kier molecular flexibility index (Phi) is 7.95. The van der Waals surface area contributed by atoms with Crippen LogP contribution in [0.5, 0.6) is 17.2 Å². The Morgan fingerprint density at radius 3 is 2.33 bits per heavy atom. The van der Waals surface area contributed by atoms with Crippen LogP contribution in [0.4, 0.5) is 0 Å². The molecule has 5 heteroatoms. The van der Waals surface area contributed by atoms with E-state index in [1.807, 2.05) is 43.4 Å². The lowest BCUT2D eigenvalue weighted by Crippen LogP contribution is -2.32. The summed E-state index contributed by atoms with van der Waals surface area (Å²) in [6, 6.07) is 13.8. The first-order valence-electron chi connectivity index (χ1n) is 9.23. The van der Waals surface area contributed by atoms with Gasteiger partial charge in [0, 0.05) is 13.1 Å². The fourth-order valence-corrected chi connectivity index (χ4v) is 3.04. The Morgan fingerprint density at radius 1 is 0.963 bits per heavy atom. The van der Waals surface area contributed by atoms with Gasteiger partial charge in [-0.3, -0.25) is 4.90 Å². The molecule has 5 nitrogen and oxygen atoms in total. The van der Waals surface area contributed by atoms with E-state index < -0.39 is 6.10 Å². The maximum atomic E-state index is 10.4. The molecule has 1 atom stereocenters. The van der Waals surface area contributed by atoms with Crippen LogP contribution < -0.4 is 14.2 Å². The number of hydrogen-bond acceptors (Lipinski definition) is 5. The molecule has 0 unspecified atom stereocenters. The van der Waals surface area contributed by atoms with Crippen LogP contribution in [0.3, 0.4) is 0 Å². The van der Waals surface area contributed by atoms with Gasteiger partial charge in [-0.15, -0.1) is 0 Å². The fourth-order valence-electron chi connectivity index (χ4n) is 3.04. The van der Waals surface area contributed by atoms with E-state index in [4.69, 9.17) is 14.2 Å². The molecular formula is C22H31NO4. The second kappa shape index (κ2) is 10.2. The van der Waals surface area contributed by atoms with E-state index in [0.717, 1.165) is 16.9 Å². The van der Waals surface area contributed by atoms with Crippen molar-refractivity contribution >= 4 is 0 Å². The molecule has 0 aliphatic carbocycles. The van der Waals surface area contributed by atoms with E-state index in [1.54, 1.807) is 14.2 Å². The molecule has 0 bridgehead atoms. The zero-order valence-corrected chi connectivity index (χ0v) is 16.9. The highest BCUT2D eigenvalue weighted by Crippen LogP contribution is 2.28. The van der Waals surface area contributed by atoms with Crippen LogP contribution in [0.25, 0.3) is 0 Å². The molecule has 0 amide bonds. The van der Waals surface area contributed by atoms with Crippen molar-refractivity contribution in [2.45, 2.75) is 32.4 Å². The standard InChI is InChI=1S/C22H31NO4/c1-16(2)19-8-6-7-9-20(19)27-15-18(24)14-23(3)13-17-10-11-21(25-4)22(12-17)26-5/h6-12,16,18,24H,13-15H2,1-5H3/t18-/m0/s1. The number of benzene rings is 2. The summed E-state index contributed by atoms with van der Waals surface area (Å²) in [5.41, 5.74) is 2.25. The summed E-state index contributed by atoms with van der Waals surface area (Å²) < 4.78 is 16.5. The SMILES string of the molecule is COc1ccc(CN(C)C[C@H](O)COc2ccccc2C(C)C)cc1OC. The zero-order chi connectivity index (χ0) is 19.8. The van der Waals surface area contributed by atoms with Gasteiger partial charge in [0.1, 0.15) is 18.5 Å². The normalized spacial score (nSPS) is 12.3. The lowest BCUT2D eigenvalue weighted by molar-refractivity contribution is 0.0739. The minimum Gasteiger partial charge on any atom is -0.493 e. The maximum Gasteiger partial charge on any atom is 0.161 e. The van der Waals surface area contributed by atoms with E-state index >= 15 is 0 Å². The summed E-state index contributed by atoms with van der Waals surface area (Å²) in [7, 11) is 5.22. The van der Waals surface area contributed by atoms with Crippen molar-refractivity contribution in [3.8, 4) is 17.2 Å². The molecule has 0 saturated heterocycles. The third-order valence-corrected chi connectivity index (χ3v) is 4.40. The van der Waals surface area contributed by atoms with Gasteiger partial charge in [-0.25, -0.2) is 0 Å². The number of likely N-dealkylation sites (N-methyl/N-ethyl adjacent to an activating group) is 1. The first-order valence-corrected chi connectivity index (χ1v) is 9.23. The van der Waals surface area contributed by atoms with Gasteiger partial charge >= 0.3 is 0 Å². The van der Waals surface area contributed by atoms with E-state index in [-0.39, 0.29) is 6.61 Å². The topological polar surface area (TPSA) is 51.2 Å². The first kappa shape index (κ1) is 21.1. The van der Waals surface area contributed by atoms with Crippen LogP contribution in [0.2, 0.25) is 0 Å². The third kappa shape index (κ3) is 6.15. The van der Waals surface area contributed by atoms with Crippen LogP contribution >= 0.6 is 0 Å². The Hall–Kier alpha value is -2.24. The molecule has 0 fully saturated rings. The van der Waals surface area contributed by atoms with Gasteiger partial charge in [0.15, 0.2) is 11.5 Å². The summed E-state index contributed by atoms with van der Waals surface area (Å²) in [5.74, 6) is 2.64. The average molecular weight is 373 g/mol. The van der Waals surface area contributed by atoms with Crippen LogP contribution in [0.1, 0.15) is 30.9 Å². The number of para-hydroxylation sites is 1. The predicted molar refractivity (Wildman–Crippen MR) is 108 cm³/mol. The molecule has 148 valence electrons. The Morgan fingerprint density at radius 2 is 1.67 bits per heavy atom. The summed E-state index contributed by atoms with van der Waals surface area (Å²) in [5, 5.41) is 10.4. The van der Waals surface area contributed by atoms with Gasteiger partial charge in [-0.1, -0.05) is 38.1 Å². The Labute approximate surface area is 162 Å². The van der Waals surface area contributed by atoms with E-state index in [1.165, 1.54) is 0 Å². The minimum atomic E-state index is -0.574. The molecule has 2 rings (SSSR count). The number of ether oxygens (including phenoxy) is 3. The van der Waals surface area contributed by atoms with Crippen LogP contribution in [0.15, 0.2) is 42.5 Å². The molecule has 0 heterocycles. The summed E-state index contributed by atoms with van der Waals surface area (Å²) in [6.45, 7) is 5.74. The number of aliphatic hydroxyl groups is 1. The van der Waals surface area contributed by atoms with Crippen molar-refractivity contribution in [2.24, 2.45) is 0 Å². The quantitative estimate of drug-likeness (QED) is 0.688. The Balaban J connectivity index is 1.88. The summed E-state index contributed by atoms with van der Waals surface area (Å²) in [6.07, 6.45) is -0.574. The van der Waals surface area contributed by atoms with Gasteiger partial charge < -0.3 is 19.3 Å². The molecule has 0 aromatic heterocycles. The lowest BCUT2D eigenvalue weighted by atomic mass is 10.0. The first-order chi connectivity index (χ1) is 12.9. The molecule has 1 N–H and O–H groups in total. The molecule has 2 aromatic rings. The zero-order valence-electron chi connectivity index (χ0n) is 16.9. The molecule has 0 aliphatic rings. The second-order valence-electron chi connectivity index (χ2n) is 7.04. The largest absolute Gasteiger partial charge is 0.493 e. The van der Waals surface area contributed by atoms with E-state index in [0.29, 0.717) is 30.5 Å². The van der Waals surface area contributed by atoms with Gasteiger partial charge in [0.25, 0.3) is 0 Å². The average Bonchev–Trinajstić information content (AvgIpc) is 2.66. The van der Waals surface area contributed by atoms with Gasteiger partial charge in [-0.05, 0) is 42.3 Å². The highest BCUT2D eigenvalue weighted by Gasteiger charge is 2.13.